The maximum Gasteiger partial charge on any atom is 0.274 e. The van der Waals surface area contributed by atoms with E-state index in [0.717, 1.165) is 39.7 Å². The summed E-state index contributed by atoms with van der Waals surface area (Å²) in [6.45, 7) is 4.08. The van der Waals surface area contributed by atoms with E-state index in [4.69, 9.17) is 0 Å². The van der Waals surface area contributed by atoms with Crippen LogP contribution in [0.4, 0.5) is 4.39 Å². The van der Waals surface area contributed by atoms with E-state index in [1.165, 1.54) is 28.7 Å². The quantitative estimate of drug-likeness (QED) is 0.336. The summed E-state index contributed by atoms with van der Waals surface area (Å²) < 4.78 is 16.0. The van der Waals surface area contributed by atoms with Crippen molar-refractivity contribution in [2.75, 3.05) is 6.54 Å². The van der Waals surface area contributed by atoms with Gasteiger partial charge in [-0.25, -0.2) is 14.4 Å². The summed E-state index contributed by atoms with van der Waals surface area (Å²) >= 11 is 6.17. The van der Waals surface area contributed by atoms with Gasteiger partial charge in [-0.1, -0.05) is 6.07 Å². The molecule has 2 fully saturated rings. The van der Waals surface area contributed by atoms with Gasteiger partial charge >= 0.3 is 0 Å². The van der Waals surface area contributed by atoms with Crippen molar-refractivity contribution in [2.45, 2.75) is 45.2 Å². The lowest BCUT2D eigenvalue weighted by molar-refractivity contribution is 0.0577. The van der Waals surface area contributed by atoms with E-state index in [1.807, 2.05) is 34.7 Å². The number of aromatic nitrogens is 3. The number of rotatable bonds is 5. The molecule has 7 nitrogen and oxygen atoms in total. The Bertz CT molecular complexity index is 1510. The highest BCUT2D eigenvalue weighted by Gasteiger charge is 2.49. The zero-order valence-corrected chi connectivity index (χ0v) is 22.8. The lowest BCUT2D eigenvalue weighted by Gasteiger charge is -2.35. The molecule has 2 aliphatic rings. The van der Waals surface area contributed by atoms with Gasteiger partial charge < -0.3 is 10.2 Å². The maximum absolute atomic E-state index is 13.9. The number of nitrogens with zero attached hydrogens (tertiary/aromatic N) is 4. The molecule has 3 atom stereocenters. The summed E-state index contributed by atoms with van der Waals surface area (Å²) in [7, 11) is 0. The third-order valence-corrected chi connectivity index (χ3v) is 9.60. The molecule has 1 aromatic carbocycles. The summed E-state index contributed by atoms with van der Waals surface area (Å²) in [5.41, 5.74) is 2.37. The highest BCUT2D eigenvalue weighted by molar-refractivity contribution is 9.10. The summed E-state index contributed by atoms with van der Waals surface area (Å²) in [6, 6.07) is 4.80. The molecule has 2 bridgehead atoms. The molecule has 4 heterocycles. The number of piperidine rings is 1. The zero-order chi connectivity index (χ0) is 25.1. The second-order valence-corrected chi connectivity index (χ2v) is 12.3. The van der Waals surface area contributed by atoms with Crippen LogP contribution in [0.25, 0.3) is 15.4 Å². The normalized spacial score (nSPS) is 21.0. The molecule has 0 spiro atoms. The summed E-state index contributed by atoms with van der Waals surface area (Å²) in [4.78, 5) is 39.6. The van der Waals surface area contributed by atoms with Gasteiger partial charge in [-0.2, -0.15) is 0 Å². The number of carbonyl (C=O) groups excluding carboxylic acids is 2. The van der Waals surface area contributed by atoms with Gasteiger partial charge in [0.1, 0.15) is 17.2 Å². The Balaban J connectivity index is 1.27. The van der Waals surface area contributed by atoms with Crippen LogP contribution in [-0.4, -0.2) is 49.7 Å². The molecule has 1 saturated heterocycles. The van der Waals surface area contributed by atoms with Crippen molar-refractivity contribution >= 4 is 55.4 Å². The van der Waals surface area contributed by atoms with E-state index in [-0.39, 0.29) is 29.7 Å². The largest absolute Gasteiger partial charge is 0.349 e. The van der Waals surface area contributed by atoms with Crippen molar-refractivity contribution in [1.82, 2.24) is 24.6 Å². The molecule has 2 amide bonds. The fourth-order valence-electron chi connectivity index (χ4n) is 5.65. The molecule has 4 aromatic rings. The van der Waals surface area contributed by atoms with Crippen molar-refractivity contribution in [3.05, 3.63) is 62.2 Å². The van der Waals surface area contributed by atoms with E-state index in [2.05, 4.69) is 31.2 Å². The van der Waals surface area contributed by atoms with Crippen molar-refractivity contribution in [3.8, 4) is 10.4 Å². The number of hydrogen-bond donors (Lipinski definition) is 1. The van der Waals surface area contributed by atoms with Gasteiger partial charge in [-0.05, 0) is 72.7 Å². The monoisotopic (exact) mass is 587 g/mol. The highest BCUT2D eigenvalue weighted by atomic mass is 79.9. The first-order chi connectivity index (χ1) is 17.3. The third-order valence-electron chi connectivity index (χ3n) is 7.22. The summed E-state index contributed by atoms with van der Waals surface area (Å²) in [5.74, 6) is -0.319. The molecule has 1 N–H and O–H groups in total. The summed E-state index contributed by atoms with van der Waals surface area (Å²) in [5, 5.41) is 5.76. The fraction of sp³-hybridized carbons (Fsp3) is 0.360. The molecular weight excluding hydrogens is 565 g/mol. The number of carbonyl (C=O) groups is 2. The van der Waals surface area contributed by atoms with Crippen LogP contribution in [0.3, 0.4) is 0 Å². The first kappa shape index (κ1) is 23.7. The van der Waals surface area contributed by atoms with Gasteiger partial charge in [0.05, 0.1) is 26.1 Å². The standard InChI is InChI=1S/C25H23BrFN5O2S2/c1-12-21(31-7-8-35-25(31)29-12)23(33)28-11-19-14-3-5-16(9-14)32(19)24(34)20-22(36-13(2)30-20)15-4-6-18(27)17(26)10-15/h4,6-8,10,14,16,19H,3,5,9,11H2,1-2H3,(H,28,33)/t14-,16+,19+/m0/s1. The van der Waals surface area contributed by atoms with Gasteiger partial charge in [0.25, 0.3) is 11.8 Å². The van der Waals surface area contributed by atoms with Crippen LogP contribution in [-0.2, 0) is 0 Å². The maximum atomic E-state index is 13.9. The average molecular weight is 589 g/mol. The molecule has 186 valence electrons. The van der Waals surface area contributed by atoms with Crippen LogP contribution in [0.5, 0.6) is 0 Å². The first-order valence-electron chi connectivity index (χ1n) is 11.8. The van der Waals surface area contributed by atoms with E-state index in [9.17, 15) is 14.0 Å². The number of imidazole rings is 1. The van der Waals surface area contributed by atoms with Crippen molar-refractivity contribution in [3.63, 3.8) is 0 Å². The van der Waals surface area contributed by atoms with Gasteiger partial charge in [0.2, 0.25) is 0 Å². The molecule has 0 radical (unpaired) electrons. The molecular formula is C25H23BrFN5O2S2. The molecule has 11 heteroatoms. The van der Waals surface area contributed by atoms with E-state index in [1.54, 1.807) is 12.1 Å². The second kappa shape index (κ2) is 9.04. The van der Waals surface area contributed by atoms with Gasteiger partial charge in [-0.3, -0.25) is 14.0 Å². The Morgan fingerprint density at radius 2 is 2.08 bits per heavy atom. The highest BCUT2D eigenvalue weighted by Crippen LogP contribution is 2.44. The Morgan fingerprint density at radius 1 is 1.25 bits per heavy atom. The van der Waals surface area contributed by atoms with E-state index < -0.39 is 0 Å². The number of hydrogen-bond acceptors (Lipinski definition) is 6. The minimum Gasteiger partial charge on any atom is -0.349 e. The predicted molar refractivity (Wildman–Crippen MR) is 141 cm³/mol. The van der Waals surface area contributed by atoms with Crippen LogP contribution in [0.15, 0.2) is 34.2 Å². The molecule has 3 aromatic heterocycles. The summed E-state index contributed by atoms with van der Waals surface area (Å²) in [6.07, 6.45) is 4.79. The third kappa shape index (κ3) is 3.88. The predicted octanol–water partition coefficient (Wildman–Crippen LogP) is 5.46. The van der Waals surface area contributed by atoms with Crippen LogP contribution < -0.4 is 5.32 Å². The van der Waals surface area contributed by atoms with Crippen LogP contribution in [0.2, 0.25) is 0 Å². The number of thiazole rings is 2. The number of likely N-dealkylation sites (tertiary alicyclic amines) is 1. The van der Waals surface area contributed by atoms with Crippen molar-refractivity contribution in [1.29, 1.82) is 0 Å². The number of nitrogens with one attached hydrogen (secondary N) is 1. The van der Waals surface area contributed by atoms with E-state index in [0.29, 0.717) is 34.0 Å². The Hall–Kier alpha value is -2.63. The van der Waals surface area contributed by atoms with Gasteiger partial charge in [0, 0.05) is 24.2 Å². The Kier molecular flexibility index (Phi) is 5.96. The van der Waals surface area contributed by atoms with Crippen LogP contribution >= 0.6 is 38.6 Å². The number of aryl methyl sites for hydroxylation is 2. The van der Waals surface area contributed by atoms with Gasteiger partial charge in [-0.15, -0.1) is 22.7 Å². The van der Waals surface area contributed by atoms with Crippen molar-refractivity contribution in [2.24, 2.45) is 5.92 Å². The van der Waals surface area contributed by atoms with Gasteiger partial charge in [0.15, 0.2) is 4.96 Å². The fourth-order valence-corrected chi connectivity index (χ4v) is 7.69. The molecule has 1 saturated carbocycles. The topological polar surface area (TPSA) is 79.6 Å². The SMILES string of the molecule is Cc1nc(C(=O)N2[C@@H]3CC[C@@H](C3)[C@H]2CNC(=O)c2c(C)nc3sccn23)c(-c2ccc(F)c(Br)c2)s1. The number of amides is 2. The average Bonchev–Trinajstić information content (AvgIpc) is 3.65. The molecule has 0 unspecified atom stereocenters. The number of halogens is 2. The Morgan fingerprint density at radius 3 is 2.89 bits per heavy atom. The first-order valence-corrected chi connectivity index (χ1v) is 14.3. The van der Waals surface area contributed by atoms with E-state index >= 15 is 0 Å². The molecule has 1 aliphatic heterocycles. The number of benzene rings is 1. The smallest absolute Gasteiger partial charge is 0.274 e. The van der Waals surface area contributed by atoms with Crippen LogP contribution in [0, 0.1) is 25.6 Å². The van der Waals surface area contributed by atoms with Crippen LogP contribution in [0.1, 0.15) is 50.9 Å². The zero-order valence-electron chi connectivity index (χ0n) is 19.6. The van der Waals surface area contributed by atoms with Crippen molar-refractivity contribution < 1.29 is 14.0 Å². The minimum absolute atomic E-state index is 0.0961. The second-order valence-electron chi connectivity index (χ2n) is 9.36. The molecule has 1 aliphatic carbocycles. The molecule has 6 rings (SSSR count). The Labute approximate surface area is 223 Å². The molecule has 36 heavy (non-hydrogen) atoms. The lowest BCUT2D eigenvalue weighted by Crippen LogP contribution is -2.50. The lowest BCUT2D eigenvalue weighted by atomic mass is 9.98. The minimum atomic E-state index is -0.353. The number of fused-ring (bicyclic) bond motifs is 3.